The molecular weight excluding hydrogens is 258 g/mol. The lowest BCUT2D eigenvalue weighted by Gasteiger charge is -2.21. The standard InChI is InChI=1S/C15H26ClN3/c1-3-12-10-13(19(4-2)18-12)11-17-15-9-7-5-6-8-14(15)16/h10,14-15,17H,3-9,11H2,1-2H3. The molecule has 0 spiro atoms. The summed E-state index contributed by atoms with van der Waals surface area (Å²) >= 11 is 6.47. The van der Waals surface area contributed by atoms with E-state index < -0.39 is 0 Å². The van der Waals surface area contributed by atoms with Gasteiger partial charge in [-0.1, -0.05) is 26.2 Å². The first kappa shape index (κ1) is 14.9. The summed E-state index contributed by atoms with van der Waals surface area (Å²) < 4.78 is 2.10. The number of rotatable bonds is 5. The maximum absolute atomic E-state index is 6.47. The van der Waals surface area contributed by atoms with E-state index in [1.807, 2.05) is 0 Å². The van der Waals surface area contributed by atoms with Crippen molar-refractivity contribution in [2.75, 3.05) is 0 Å². The zero-order valence-electron chi connectivity index (χ0n) is 12.2. The van der Waals surface area contributed by atoms with E-state index in [0.717, 1.165) is 25.9 Å². The minimum atomic E-state index is 0.283. The first-order valence-corrected chi connectivity index (χ1v) is 8.11. The van der Waals surface area contributed by atoms with Gasteiger partial charge < -0.3 is 5.32 Å². The molecule has 2 atom stereocenters. The second-order valence-electron chi connectivity index (χ2n) is 5.44. The van der Waals surface area contributed by atoms with Gasteiger partial charge in [-0.2, -0.15) is 5.10 Å². The molecule has 1 aliphatic rings. The Kier molecular flexibility index (Phi) is 5.71. The van der Waals surface area contributed by atoms with Crippen molar-refractivity contribution in [1.82, 2.24) is 15.1 Å². The molecule has 4 heteroatoms. The van der Waals surface area contributed by atoms with Gasteiger partial charge in [0.25, 0.3) is 0 Å². The predicted octanol–water partition coefficient (Wildman–Crippen LogP) is 3.50. The number of hydrogen-bond acceptors (Lipinski definition) is 2. The van der Waals surface area contributed by atoms with E-state index >= 15 is 0 Å². The lowest BCUT2D eigenvalue weighted by atomic mass is 10.1. The third-order valence-electron chi connectivity index (χ3n) is 4.05. The van der Waals surface area contributed by atoms with Crippen LogP contribution in [0.5, 0.6) is 0 Å². The first-order valence-electron chi connectivity index (χ1n) is 7.67. The maximum Gasteiger partial charge on any atom is 0.0625 e. The van der Waals surface area contributed by atoms with Crippen molar-refractivity contribution in [3.8, 4) is 0 Å². The van der Waals surface area contributed by atoms with Crippen LogP contribution < -0.4 is 5.32 Å². The zero-order valence-corrected chi connectivity index (χ0v) is 12.9. The van der Waals surface area contributed by atoms with Crippen molar-refractivity contribution in [2.45, 2.75) is 76.9 Å². The minimum absolute atomic E-state index is 0.283. The fraction of sp³-hybridized carbons (Fsp3) is 0.800. The third-order valence-corrected chi connectivity index (χ3v) is 4.58. The lowest BCUT2D eigenvalue weighted by Crippen LogP contribution is -2.36. The highest BCUT2D eigenvalue weighted by atomic mass is 35.5. The van der Waals surface area contributed by atoms with Crippen LogP contribution in [0.4, 0.5) is 0 Å². The van der Waals surface area contributed by atoms with E-state index in [-0.39, 0.29) is 5.38 Å². The summed E-state index contributed by atoms with van der Waals surface area (Å²) in [4.78, 5) is 0. The van der Waals surface area contributed by atoms with E-state index in [2.05, 4.69) is 35.0 Å². The number of nitrogens with one attached hydrogen (secondary N) is 1. The fourth-order valence-electron chi connectivity index (χ4n) is 2.83. The topological polar surface area (TPSA) is 29.9 Å². The minimum Gasteiger partial charge on any atom is -0.307 e. The second kappa shape index (κ2) is 7.30. The number of alkyl halides is 1. The van der Waals surface area contributed by atoms with Crippen molar-refractivity contribution >= 4 is 11.6 Å². The van der Waals surface area contributed by atoms with Crippen LogP contribution in [-0.4, -0.2) is 21.2 Å². The van der Waals surface area contributed by atoms with Gasteiger partial charge in [-0.25, -0.2) is 0 Å². The number of aryl methyl sites for hydroxylation is 2. The van der Waals surface area contributed by atoms with Crippen LogP contribution in [0.1, 0.15) is 57.3 Å². The van der Waals surface area contributed by atoms with Crippen LogP contribution in [0, 0.1) is 0 Å². The Morgan fingerprint density at radius 1 is 1.32 bits per heavy atom. The fourth-order valence-corrected chi connectivity index (χ4v) is 3.20. The highest BCUT2D eigenvalue weighted by Crippen LogP contribution is 2.22. The molecule has 0 saturated heterocycles. The molecule has 1 heterocycles. The summed E-state index contributed by atoms with van der Waals surface area (Å²) in [5, 5.41) is 8.52. The van der Waals surface area contributed by atoms with E-state index in [9.17, 15) is 0 Å². The third kappa shape index (κ3) is 3.96. The monoisotopic (exact) mass is 283 g/mol. The molecule has 1 aromatic heterocycles. The Morgan fingerprint density at radius 2 is 2.11 bits per heavy atom. The first-order chi connectivity index (χ1) is 9.24. The van der Waals surface area contributed by atoms with Crippen LogP contribution in [-0.2, 0) is 19.5 Å². The van der Waals surface area contributed by atoms with E-state index in [4.69, 9.17) is 11.6 Å². The predicted molar refractivity (Wildman–Crippen MR) is 80.6 cm³/mol. The van der Waals surface area contributed by atoms with Crippen LogP contribution in [0.3, 0.4) is 0 Å². The molecule has 1 aromatic rings. The largest absolute Gasteiger partial charge is 0.307 e. The average molecular weight is 284 g/mol. The molecule has 108 valence electrons. The number of nitrogens with zero attached hydrogens (tertiary/aromatic N) is 2. The smallest absolute Gasteiger partial charge is 0.0625 e. The van der Waals surface area contributed by atoms with E-state index in [0.29, 0.717) is 6.04 Å². The molecule has 3 nitrogen and oxygen atoms in total. The van der Waals surface area contributed by atoms with Crippen LogP contribution >= 0.6 is 11.6 Å². The van der Waals surface area contributed by atoms with Crippen molar-refractivity contribution < 1.29 is 0 Å². The molecule has 2 rings (SSSR count). The van der Waals surface area contributed by atoms with Gasteiger partial charge in [0.05, 0.1) is 11.4 Å². The molecule has 1 aliphatic carbocycles. The van der Waals surface area contributed by atoms with Gasteiger partial charge in [-0.05, 0) is 32.3 Å². The van der Waals surface area contributed by atoms with Crippen molar-refractivity contribution in [3.05, 3.63) is 17.5 Å². The van der Waals surface area contributed by atoms with Crippen LogP contribution in [0.2, 0.25) is 0 Å². The van der Waals surface area contributed by atoms with Gasteiger partial charge in [-0.3, -0.25) is 4.68 Å². The normalized spacial score (nSPS) is 24.4. The summed E-state index contributed by atoms with van der Waals surface area (Å²) in [6, 6.07) is 2.67. The summed E-state index contributed by atoms with van der Waals surface area (Å²) in [5.41, 5.74) is 2.47. The van der Waals surface area contributed by atoms with Gasteiger partial charge >= 0.3 is 0 Å². The molecule has 2 unspecified atom stereocenters. The molecule has 0 aliphatic heterocycles. The Hall–Kier alpha value is -0.540. The Labute approximate surface area is 121 Å². The molecule has 0 radical (unpaired) electrons. The van der Waals surface area contributed by atoms with Crippen molar-refractivity contribution in [2.24, 2.45) is 0 Å². The van der Waals surface area contributed by atoms with Gasteiger partial charge in [0.1, 0.15) is 0 Å². The summed E-state index contributed by atoms with van der Waals surface area (Å²) in [6.45, 7) is 6.12. The molecule has 0 aromatic carbocycles. The molecule has 1 saturated carbocycles. The molecule has 1 N–H and O–H groups in total. The number of hydrogen-bond donors (Lipinski definition) is 1. The molecule has 0 amide bonds. The molecular formula is C15H26ClN3. The Balaban J connectivity index is 1.95. The van der Waals surface area contributed by atoms with Crippen molar-refractivity contribution in [1.29, 1.82) is 0 Å². The zero-order chi connectivity index (χ0) is 13.7. The van der Waals surface area contributed by atoms with E-state index in [1.54, 1.807) is 0 Å². The molecule has 1 fully saturated rings. The quantitative estimate of drug-likeness (QED) is 0.662. The van der Waals surface area contributed by atoms with Gasteiger partial charge in [0.2, 0.25) is 0 Å². The lowest BCUT2D eigenvalue weighted by molar-refractivity contribution is 0.451. The van der Waals surface area contributed by atoms with Crippen molar-refractivity contribution in [3.63, 3.8) is 0 Å². The highest BCUT2D eigenvalue weighted by molar-refractivity contribution is 6.21. The maximum atomic E-state index is 6.47. The average Bonchev–Trinajstić information content (AvgIpc) is 2.72. The summed E-state index contributed by atoms with van der Waals surface area (Å²) in [7, 11) is 0. The van der Waals surface area contributed by atoms with Gasteiger partial charge in [-0.15, -0.1) is 11.6 Å². The van der Waals surface area contributed by atoms with E-state index in [1.165, 1.54) is 37.1 Å². The highest BCUT2D eigenvalue weighted by Gasteiger charge is 2.21. The van der Waals surface area contributed by atoms with Gasteiger partial charge in [0.15, 0.2) is 0 Å². The SMILES string of the molecule is CCc1cc(CNC2CCCCCC2Cl)n(CC)n1. The second-order valence-corrected chi connectivity index (χ2v) is 6.00. The Morgan fingerprint density at radius 3 is 2.84 bits per heavy atom. The number of halogens is 1. The van der Waals surface area contributed by atoms with Crippen LogP contribution in [0.15, 0.2) is 6.07 Å². The molecule has 0 bridgehead atoms. The van der Waals surface area contributed by atoms with Gasteiger partial charge in [0, 0.05) is 24.5 Å². The summed E-state index contributed by atoms with van der Waals surface area (Å²) in [5.74, 6) is 0. The van der Waals surface area contributed by atoms with Crippen LogP contribution in [0.25, 0.3) is 0 Å². The Bertz CT molecular complexity index is 389. The number of aromatic nitrogens is 2. The summed E-state index contributed by atoms with van der Waals surface area (Å²) in [6.07, 6.45) is 7.25. The molecule has 19 heavy (non-hydrogen) atoms.